The summed E-state index contributed by atoms with van der Waals surface area (Å²) >= 11 is 0. The van der Waals surface area contributed by atoms with Crippen LogP contribution in [-0.2, 0) is 9.47 Å². The summed E-state index contributed by atoms with van der Waals surface area (Å²) < 4.78 is 9.81. The van der Waals surface area contributed by atoms with Gasteiger partial charge in [-0.1, -0.05) is 0 Å². The number of nitrogens with one attached hydrogen (secondary N) is 1. The van der Waals surface area contributed by atoms with Gasteiger partial charge in [0.05, 0.1) is 16.5 Å². The fourth-order valence-electron chi connectivity index (χ4n) is 2.10. The SMILES string of the molecule is CC(C)(C)OC(=O)N1CC(NC(=O)OC(=O)c2ccc([N+](=O)[O-])cc2)C1. The van der Waals surface area contributed by atoms with Crippen LogP contribution in [-0.4, -0.2) is 52.7 Å². The van der Waals surface area contributed by atoms with E-state index in [2.05, 4.69) is 10.1 Å². The van der Waals surface area contributed by atoms with Crippen molar-refractivity contribution in [1.82, 2.24) is 10.2 Å². The lowest BCUT2D eigenvalue weighted by atomic mass is 10.1. The summed E-state index contributed by atoms with van der Waals surface area (Å²) in [4.78, 5) is 46.7. The van der Waals surface area contributed by atoms with Crippen LogP contribution in [0.15, 0.2) is 24.3 Å². The number of rotatable bonds is 3. The predicted octanol–water partition coefficient (Wildman–Crippen LogP) is 2.08. The van der Waals surface area contributed by atoms with Crippen LogP contribution in [0.4, 0.5) is 15.3 Å². The fourth-order valence-corrected chi connectivity index (χ4v) is 2.10. The molecule has 0 radical (unpaired) electrons. The molecule has 0 unspecified atom stereocenters. The van der Waals surface area contributed by atoms with Gasteiger partial charge in [0, 0.05) is 25.2 Å². The number of esters is 1. The van der Waals surface area contributed by atoms with Crippen molar-refractivity contribution in [2.45, 2.75) is 32.4 Å². The normalized spacial score (nSPS) is 14.2. The van der Waals surface area contributed by atoms with E-state index in [1.807, 2.05) is 0 Å². The standard InChI is InChI=1S/C16H19N3O7/c1-16(2,3)26-15(22)18-8-11(9-18)17-14(21)25-13(20)10-4-6-12(7-5-10)19(23)24/h4-7,11H,8-9H2,1-3H3,(H,17,21). The number of amides is 2. The minimum Gasteiger partial charge on any atom is -0.444 e. The van der Waals surface area contributed by atoms with Crippen molar-refractivity contribution in [3.05, 3.63) is 39.9 Å². The molecule has 1 heterocycles. The maximum atomic E-state index is 11.8. The average molecular weight is 365 g/mol. The second-order valence-electron chi connectivity index (χ2n) is 6.71. The van der Waals surface area contributed by atoms with E-state index in [4.69, 9.17) is 4.74 Å². The van der Waals surface area contributed by atoms with Crippen LogP contribution >= 0.6 is 0 Å². The van der Waals surface area contributed by atoms with Gasteiger partial charge in [0.25, 0.3) is 5.69 Å². The van der Waals surface area contributed by atoms with Crippen LogP contribution in [0.2, 0.25) is 0 Å². The van der Waals surface area contributed by atoms with Gasteiger partial charge in [0.1, 0.15) is 5.60 Å². The van der Waals surface area contributed by atoms with Crippen LogP contribution in [0.1, 0.15) is 31.1 Å². The number of likely N-dealkylation sites (tertiary alicyclic amines) is 1. The van der Waals surface area contributed by atoms with Gasteiger partial charge in [-0.25, -0.2) is 14.4 Å². The zero-order chi connectivity index (χ0) is 19.5. The summed E-state index contributed by atoms with van der Waals surface area (Å²) in [6.07, 6.45) is -1.44. The monoisotopic (exact) mass is 365 g/mol. The molecule has 1 fully saturated rings. The van der Waals surface area contributed by atoms with Crippen LogP contribution in [0.5, 0.6) is 0 Å². The molecule has 2 amide bonds. The van der Waals surface area contributed by atoms with Crippen LogP contribution < -0.4 is 5.32 Å². The highest BCUT2D eigenvalue weighted by Crippen LogP contribution is 2.16. The van der Waals surface area contributed by atoms with E-state index in [1.54, 1.807) is 20.8 Å². The van der Waals surface area contributed by atoms with Crippen molar-refractivity contribution in [1.29, 1.82) is 0 Å². The quantitative estimate of drug-likeness (QED) is 0.376. The molecule has 0 bridgehead atoms. The number of benzene rings is 1. The summed E-state index contributed by atoms with van der Waals surface area (Å²) in [5.41, 5.74) is -0.774. The number of hydrogen-bond acceptors (Lipinski definition) is 7. The van der Waals surface area contributed by atoms with E-state index in [0.717, 1.165) is 12.1 Å². The average Bonchev–Trinajstić information content (AvgIpc) is 2.48. The van der Waals surface area contributed by atoms with E-state index in [0.29, 0.717) is 0 Å². The molecule has 1 saturated heterocycles. The Hall–Kier alpha value is -3.17. The first-order valence-electron chi connectivity index (χ1n) is 7.80. The lowest BCUT2D eigenvalue weighted by molar-refractivity contribution is -0.384. The summed E-state index contributed by atoms with van der Waals surface area (Å²) in [6, 6.07) is 4.32. The molecule has 0 saturated carbocycles. The highest BCUT2D eigenvalue weighted by molar-refractivity contribution is 5.96. The second kappa shape index (κ2) is 7.38. The molecule has 0 spiro atoms. The molecule has 0 atom stereocenters. The molecule has 1 aliphatic heterocycles. The van der Waals surface area contributed by atoms with Crippen molar-refractivity contribution in [2.75, 3.05) is 13.1 Å². The van der Waals surface area contributed by atoms with Crippen molar-refractivity contribution in [3.8, 4) is 0 Å². The molecule has 10 heteroatoms. The Morgan fingerprint density at radius 3 is 2.27 bits per heavy atom. The number of non-ortho nitro benzene ring substituents is 1. The summed E-state index contributed by atoms with van der Waals surface area (Å²) in [6.45, 7) is 5.75. The third-order valence-corrected chi connectivity index (χ3v) is 3.35. The third-order valence-electron chi connectivity index (χ3n) is 3.35. The number of carbonyl (C=O) groups is 3. The topological polar surface area (TPSA) is 128 Å². The third kappa shape index (κ3) is 5.16. The Morgan fingerprint density at radius 1 is 1.19 bits per heavy atom. The molecule has 1 aromatic rings. The van der Waals surface area contributed by atoms with Gasteiger partial charge in [-0.3, -0.25) is 10.1 Å². The number of ether oxygens (including phenoxy) is 2. The lowest BCUT2D eigenvalue weighted by Crippen LogP contribution is -2.61. The zero-order valence-electron chi connectivity index (χ0n) is 14.6. The second-order valence-corrected chi connectivity index (χ2v) is 6.71. The first kappa shape index (κ1) is 19.2. The van der Waals surface area contributed by atoms with Gasteiger partial charge < -0.3 is 19.7 Å². The minimum absolute atomic E-state index is 0.00902. The summed E-state index contributed by atoms with van der Waals surface area (Å²) in [5, 5.41) is 13.0. The predicted molar refractivity (Wildman–Crippen MR) is 88.6 cm³/mol. The summed E-state index contributed by atoms with van der Waals surface area (Å²) in [7, 11) is 0. The lowest BCUT2D eigenvalue weighted by Gasteiger charge is -2.39. The molecule has 0 aromatic heterocycles. The van der Waals surface area contributed by atoms with Crippen LogP contribution in [0.3, 0.4) is 0 Å². The van der Waals surface area contributed by atoms with Crippen molar-refractivity contribution in [3.63, 3.8) is 0 Å². The fraction of sp³-hybridized carbons (Fsp3) is 0.438. The van der Waals surface area contributed by atoms with Gasteiger partial charge in [-0.2, -0.15) is 0 Å². The van der Waals surface area contributed by atoms with Crippen LogP contribution in [0.25, 0.3) is 0 Å². The Bertz CT molecular complexity index is 718. The van der Waals surface area contributed by atoms with E-state index < -0.39 is 28.7 Å². The number of carbonyl (C=O) groups excluding carboxylic acids is 3. The number of hydrogen-bond donors (Lipinski definition) is 1. The molecule has 140 valence electrons. The molecular formula is C16H19N3O7. The zero-order valence-corrected chi connectivity index (χ0v) is 14.6. The van der Waals surface area contributed by atoms with E-state index >= 15 is 0 Å². The largest absolute Gasteiger partial charge is 0.444 e. The van der Waals surface area contributed by atoms with Crippen molar-refractivity contribution in [2.24, 2.45) is 0 Å². The molecule has 1 aliphatic rings. The van der Waals surface area contributed by atoms with E-state index in [1.165, 1.54) is 17.0 Å². The number of alkyl carbamates (subject to hydrolysis) is 1. The van der Waals surface area contributed by atoms with Crippen molar-refractivity contribution >= 4 is 23.8 Å². The highest BCUT2D eigenvalue weighted by atomic mass is 16.6. The number of nitro benzene ring substituents is 1. The number of nitro groups is 1. The first-order valence-corrected chi connectivity index (χ1v) is 7.80. The van der Waals surface area contributed by atoms with Gasteiger partial charge in [0.2, 0.25) is 0 Å². The highest BCUT2D eigenvalue weighted by Gasteiger charge is 2.35. The molecule has 1 aromatic carbocycles. The molecule has 10 nitrogen and oxygen atoms in total. The Kier molecular flexibility index (Phi) is 5.44. The van der Waals surface area contributed by atoms with Gasteiger partial charge in [-0.15, -0.1) is 0 Å². The molecule has 26 heavy (non-hydrogen) atoms. The van der Waals surface area contributed by atoms with Crippen molar-refractivity contribution < 1.29 is 28.8 Å². The first-order chi connectivity index (χ1) is 12.0. The molecular weight excluding hydrogens is 346 g/mol. The van der Waals surface area contributed by atoms with Crippen LogP contribution in [0, 0.1) is 10.1 Å². The summed E-state index contributed by atoms with van der Waals surface area (Å²) in [5.74, 6) is -0.930. The van der Waals surface area contributed by atoms with Gasteiger partial charge >= 0.3 is 18.2 Å². The Morgan fingerprint density at radius 2 is 1.77 bits per heavy atom. The maximum Gasteiger partial charge on any atom is 0.415 e. The maximum absolute atomic E-state index is 11.8. The molecule has 2 rings (SSSR count). The Labute approximate surface area is 149 Å². The molecule has 1 N–H and O–H groups in total. The minimum atomic E-state index is -0.956. The smallest absolute Gasteiger partial charge is 0.415 e. The van der Waals surface area contributed by atoms with Gasteiger partial charge in [-0.05, 0) is 32.9 Å². The van der Waals surface area contributed by atoms with Gasteiger partial charge in [0.15, 0.2) is 0 Å². The van der Waals surface area contributed by atoms with E-state index in [9.17, 15) is 24.5 Å². The Balaban J connectivity index is 1.77. The molecule has 0 aliphatic carbocycles. The van der Waals surface area contributed by atoms with E-state index in [-0.39, 0.29) is 30.4 Å². The number of nitrogens with zero attached hydrogens (tertiary/aromatic N) is 2.